The summed E-state index contributed by atoms with van der Waals surface area (Å²) in [6.07, 6.45) is 2.22. The Hall–Kier alpha value is -1.55. The fraction of sp³-hybridized carbons (Fsp3) is 0.562. The van der Waals surface area contributed by atoms with E-state index in [1.165, 1.54) is 0 Å². The summed E-state index contributed by atoms with van der Waals surface area (Å²) in [6, 6.07) is 8.21. The van der Waals surface area contributed by atoms with E-state index in [-0.39, 0.29) is 18.0 Å². The van der Waals surface area contributed by atoms with E-state index in [4.69, 9.17) is 4.74 Å². The molecule has 0 aliphatic heterocycles. The molecule has 20 heavy (non-hydrogen) atoms. The first-order valence-electron chi connectivity index (χ1n) is 7.40. The van der Waals surface area contributed by atoms with Gasteiger partial charge in [-0.15, -0.1) is 0 Å². The average molecular weight is 276 g/mol. The number of carbonyl (C=O) groups excluding carboxylic acids is 1. The predicted octanol–water partition coefficient (Wildman–Crippen LogP) is 2.40. The van der Waals surface area contributed by atoms with Crippen LogP contribution in [-0.4, -0.2) is 24.6 Å². The lowest BCUT2D eigenvalue weighted by molar-refractivity contribution is -0.123. The molecule has 0 radical (unpaired) electrons. The first-order chi connectivity index (χ1) is 9.61. The van der Waals surface area contributed by atoms with Gasteiger partial charge in [0, 0.05) is 17.6 Å². The Labute approximate surface area is 120 Å². The fourth-order valence-electron chi connectivity index (χ4n) is 2.22. The number of amides is 1. The van der Waals surface area contributed by atoms with E-state index in [1.54, 1.807) is 0 Å². The zero-order valence-electron chi connectivity index (χ0n) is 12.5. The summed E-state index contributed by atoms with van der Waals surface area (Å²) in [5, 5.41) is 6.35. The molecular weight excluding hydrogens is 252 g/mol. The Kier molecular flexibility index (Phi) is 5.01. The second kappa shape index (κ2) is 6.75. The number of ether oxygens (including phenoxy) is 1. The molecule has 110 valence electrons. The first kappa shape index (κ1) is 14.9. The molecule has 2 atom stereocenters. The largest absolute Gasteiger partial charge is 0.494 e. The SMILES string of the molecule is CCOc1ccccc1C(C)NC(C)C(=O)NC1CC1. The third-order valence-electron chi connectivity index (χ3n) is 3.50. The molecule has 1 aromatic rings. The smallest absolute Gasteiger partial charge is 0.237 e. The fourth-order valence-corrected chi connectivity index (χ4v) is 2.22. The van der Waals surface area contributed by atoms with Crippen molar-refractivity contribution in [3.05, 3.63) is 29.8 Å². The van der Waals surface area contributed by atoms with Gasteiger partial charge in [0.15, 0.2) is 0 Å². The minimum absolute atomic E-state index is 0.0673. The van der Waals surface area contributed by atoms with E-state index in [0.717, 1.165) is 24.2 Å². The van der Waals surface area contributed by atoms with Gasteiger partial charge in [-0.2, -0.15) is 0 Å². The van der Waals surface area contributed by atoms with Crippen LogP contribution in [0, 0.1) is 0 Å². The van der Waals surface area contributed by atoms with Gasteiger partial charge in [-0.05, 0) is 39.7 Å². The Morgan fingerprint density at radius 1 is 1.35 bits per heavy atom. The van der Waals surface area contributed by atoms with E-state index in [1.807, 2.05) is 38.1 Å². The van der Waals surface area contributed by atoms with Crippen LogP contribution in [0.15, 0.2) is 24.3 Å². The van der Waals surface area contributed by atoms with E-state index >= 15 is 0 Å². The summed E-state index contributed by atoms with van der Waals surface area (Å²) in [7, 11) is 0. The minimum Gasteiger partial charge on any atom is -0.494 e. The van der Waals surface area contributed by atoms with Crippen LogP contribution >= 0.6 is 0 Å². The lowest BCUT2D eigenvalue weighted by atomic mass is 10.1. The minimum atomic E-state index is -0.208. The molecule has 1 aromatic carbocycles. The Morgan fingerprint density at radius 3 is 2.70 bits per heavy atom. The molecule has 1 amide bonds. The first-order valence-corrected chi connectivity index (χ1v) is 7.40. The van der Waals surface area contributed by atoms with Crippen molar-refractivity contribution in [2.75, 3.05) is 6.61 Å². The van der Waals surface area contributed by atoms with Crippen LogP contribution in [0.2, 0.25) is 0 Å². The quantitative estimate of drug-likeness (QED) is 0.804. The summed E-state index contributed by atoms with van der Waals surface area (Å²) >= 11 is 0. The highest BCUT2D eigenvalue weighted by molar-refractivity contribution is 5.81. The topological polar surface area (TPSA) is 50.4 Å². The molecule has 0 saturated heterocycles. The van der Waals surface area contributed by atoms with Crippen molar-refractivity contribution in [2.45, 2.75) is 51.7 Å². The second-order valence-electron chi connectivity index (χ2n) is 5.36. The van der Waals surface area contributed by atoms with Gasteiger partial charge < -0.3 is 10.1 Å². The van der Waals surface area contributed by atoms with Gasteiger partial charge in [0.25, 0.3) is 0 Å². The molecule has 0 heterocycles. The molecule has 1 fully saturated rings. The highest BCUT2D eigenvalue weighted by atomic mass is 16.5. The van der Waals surface area contributed by atoms with Crippen molar-refractivity contribution in [1.29, 1.82) is 0 Å². The van der Waals surface area contributed by atoms with Crippen LogP contribution in [0.5, 0.6) is 5.75 Å². The molecule has 2 rings (SSSR count). The molecule has 1 aliphatic carbocycles. The second-order valence-corrected chi connectivity index (χ2v) is 5.36. The van der Waals surface area contributed by atoms with Crippen LogP contribution in [-0.2, 0) is 4.79 Å². The summed E-state index contributed by atoms with van der Waals surface area (Å²) in [5.74, 6) is 0.957. The van der Waals surface area contributed by atoms with Crippen LogP contribution in [0.1, 0.15) is 45.2 Å². The van der Waals surface area contributed by atoms with E-state index in [9.17, 15) is 4.79 Å². The maximum Gasteiger partial charge on any atom is 0.237 e. The Morgan fingerprint density at radius 2 is 2.05 bits per heavy atom. The molecule has 2 unspecified atom stereocenters. The van der Waals surface area contributed by atoms with Crippen molar-refractivity contribution in [2.24, 2.45) is 0 Å². The van der Waals surface area contributed by atoms with Gasteiger partial charge >= 0.3 is 0 Å². The highest BCUT2D eigenvalue weighted by Crippen LogP contribution is 2.25. The van der Waals surface area contributed by atoms with E-state index < -0.39 is 0 Å². The number of benzene rings is 1. The van der Waals surface area contributed by atoms with Gasteiger partial charge in [-0.3, -0.25) is 10.1 Å². The van der Waals surface area contributed by atoms with Gasteiger partial charge in [0.1, 0.15) is 5.75 Å². The summed E-state index contributed by atoms with van der Waals surface area (Å²) in [4.78, 5) is 12.0. The molecule has 2 N–H and O–H groups in total. The van der Waals surface area contributed by atoms with Crippen molar-refractivity contribution >= 4 is 5.91 Å². The van der Waals surface area contributed by atoms with Crippen LogP contribution in [0.3, 0.4) is 0 Å². The molecule has 1 aliphatic rings. The number of hydrogen-bond donors (Lipinski definition) is 2. The molecular formula is C16H24N2O2. The molecule has 0 aromatic heterocycles. The highest BCUT2D eigenvalue weighted by Gasteiger charge is 2.26. The standard InChI is InChI=1S/C16H24N2O2/c1-4-20-15-8-6-5-7-14(15)11(2)17-12(3)16(19)18-13-9-10-13/h5-8,11-13,17H,4,9-10H2,1-3H3,(H,18,19). The number of rotatable bonds is 7. The van der Waals surface area contributed by atoms with Gasteiger partial charge in [0.2, 0.25) is 5.91 Å². The van der Waals surface area contributed by atoms with Crippen molar-refractivity contribution < 1.29 is 9.53 Å². The number of carbonyl (C=O) groups is 1. The van der Waals surface area contributed by atoms with Gasteiger partial charge in [-0.25, -0.2) is 0 Å². The Balaban J connectivity index is 1.96. The van der Waals surface area contributed by atoms with E-state index in [2.05, 4.69) is 17.6 Å². The van der Waals surface area contributed by atoms with Gasteiger partial charge in [-0.1, -0.05) is 18.2 Å². The zero-order valence-corrected chi connectivity index (χ0v) is 12.5. The summed E-state index contributed by atoms with van der Waals surface area (Å²) < 4.78 is 5.63. The lowest BCUT2D eigenvalue weighted by Gasteiger charge is -2.22. The van der Waals surface area contributed by atoms with Crippen LogP contribution in [0.4, 0.5) is 0 Å². The third kappa shape index (κ3) is 3.97. The molecule has 0 spiro atoms. The monoisotopic (exact) mass is 276 g/mol. The van der Waals surface area contributed by atoms with Crippen LogP contribution in [0.25, 0.3) is 0 Å². The average Bonchev–Trinajstić information content (AvgIpc) is 3.23. The molecule has 4 heteroatoms. The number of hydrogen-bond acceptors (Lipinski definition) is 3. The molecule has 4 nitrogen and oxygen atoms in total. The molecule has 0 bridgehead atoms. The Bertz CT molecular complexity index is 458. The van der Waals surface area contributed by atoms with Crippen molar-refractivity contribution in [3.63, 3.8) is 0 Å². The summed E-state index contributed by atoms with van der Waals surface area (Å²) in [5.41, 5.74) is 1.08. The van der Waals surface area contributed by atoms with Gasteiger partial charge in [0.05, 0.1) is 12.6 Å². The van der Waals surface area contributed by atoms with Crippen molar-refractivity contribution in [1.82, 2.24) is 10.6 Å². The lowest BCUT2D eigenvalue weighted by Crippen LogP contribution is -2.43. The summed E-state index contributed by atoms with van der Waals surface area (Å²) in [6.45, 7) is 6.57. The number of para-hydroxylation sites is 1. The van der Waals surface area contributed by atoms with E-state index in [0.29, 0.717) is 12.6 Å². The van der Waals surface area contributed by atoms with Crippen molar-refractivity contribution in [3.8, 4) is 5.75 Å². The third-order valence-corrected chi connectivity index (χ3v) is 3.50. The zero-order chi connectivity index (χ0) is 14.5. The molecule has 1 saturated carbocycles. The van der Waals surface area contributed by atoms with Crippen LogP contribution < -0.4 is 15.4 Å². The maximum atomic E-state index is 12.0. The predicted molar refractivity (Wildman–Crippen MR) is 79.8 cm³/mol. The number of nitrogens with one attached hydrogen (secondary N) is 2. The maximum absolute atomic E-state index is 12.0. The normalized spacial score (nSPS) is 17.4.